The number of nitrogens with zero attached hydrogens (tertiary/aromatic N) is 5. The molecule has 7 nitrogen and oxygen atoms in total. The molecule has 0 bridgehead atoms. The van der Waals surface area contributed by atoms with Crippen LogP contribution in [0, 0.1) is 11.3 Å². The number of allylic oxidation sites excluding steroid dienone is 5. The highest BCUT2D eigenvalue weighted by molar-refractivity contribution is 5.72. The second-order valence-corrected chi connectivity index (χ2v) is 6.04. The van der Waals surface area contributed by atoms with Crippen LogP contribution < -0.4 is 5.73 Å². The lowest BCUT2D eigenvalue weighted by molar-refractivity contribution is 0.552. The van der Waals surface area contributed by atoms with E-state index in [0.29, 0.717) is 17.1 Å². The Morgan fingerprint density at radius 3 is 2.86 bits per heavy atom. The molecule has 2 N–H and O–H groups in total. The summed E-state index contributed by atoms with van der Waals surface area (Å²) in [7, 11) is 0. The molecule has 0 aliphatic rings. The fourth-order valence-electron chi connectivity index (χ4n) is 2.50. The molecule has 0 spiro atoms. The monoisotopic (exact) mass is 370 g/mol. The molecule has 0 unspecified atom stereocenters. The van der Waals surface area contributed by atoms with Crippen molar-refractivity contribution in [2.75, 3.05) is 5.73 Å². The molecule has 2 aromatic heterocycles. The van der Waals surface area contributed by atoms with Gasteiger partial charge in [0.2, 0.25) is 5.89 Å². The molecule has 1 aromatic carbocycles. The molecule has 0 radical (unpaired) electrons. The normalized spacial score (nSPS) is 11.5. The Hall–Kier alpha value is -4.05. The first-order valence-corrected chi connectivity index (χ1v) is 8.49. The molecular weight excluding hydrogens is 352 g/mol. The molecule has 3 aromatic rings. The molecule has 138 valence electrons. The molecule has 0 fully saturated rings. The fourth-order valence-corrected chi connectivity index (χ4v) is 2.50. The van der Waals surface area contributed by atoms with Gasteiger partial charge in [0.1, 0.15) is 0 Å². The smallest absolute Gasteiger partial charge is 0.270 e. The number of benzene rings is 1. The Morgan fingerprint density at radius 1 is 1.32 bits per heavy atom. The topological polar surface area (TPSA) is 115 Å². The minimum atomic E-state index is 0.162. The van der Waals surface area contributed by atoms with Gasteiger partial charge in [-0.05, 0) is 32.1 Å². The van der Waals surface area contributed by atoms with Crippen LogP contribution in [0.5, 0.6) is 0 Å². The molecule has 2 heterocycles. The molecule has 0 saturated carbocycles. The average molecular weight is 370 g/mol. The highest BCUT2D eigenvalue weighted by Gasteiger charge is 2.17. The second kappa shape index (κ2) is 8.10. The molecule has 0 aliphatic carbocycles. The third-order valence-electron chi connectivity index (χ3n) is 3.71. The molecule has 0 amide bonds. The highest BCUT2D eigenvalue weighted by Crippen LogP contribution is 2.27. The molecule has 3 rings (SSSR count). The van der Waals surface area contributed by atoms with E-state index < -0.39 is 0 Å². The van der Waals surface area contributed by atoms with E-state index >= 15 is 0 Å². The number of nitrogens with two attached hydrogens (primary N) is 1. The predicted molar refractivity (Wildman–Crippen MR) is 107 cm³/mol. The third kappa shape index (κ3) is 4.02. The SMILES string of the molecule is C=C(C)C=C(C=CC)c1nnc(-c2nc(-c3cccc(C#N)c3)cnc2N)o1. The van der Waals surface area contributed by atoms with Crippen LogP contribution in [-0.4, -0.2) is 20.2 Å². The standard InChI is InChI=1S/C21H18N6O/c1-4-6-16(9-13(2)3)20-26-27-21(28-20)18-19(23)24-12-17(25-18)15-8-5-7-14(10-15)11-22/h4-10,12H,2H2,1,3H3,(H2,23,24). The first kappa shape index (κ1) is 18.7. The van der Waals surface area contributed by atoms with Gasteiger partial charge in [0.25, 0.3) is 5.89 Å². The van der Waals surface area contributed by atoms with Gasteiger partial charge in [-0.25, -0.2) is 9.97 Å². The summed E-state index contributed by atoms with van der Waals surface area (Å²) >= 11 is 0. The van der Waals surface area contributed by atoms with Crippen LogP contribution in [0.25, 0.3) is 28.4 Å². The average Bonchev–Trinajstić information content (AvgIpc) is 3.17. The maximum atomic E-state index is 9.09. The summed E-state index contributed by atoms with van der Waals surface area (Å²) in [5.74, 6) is 0.663. The minimum absolute atomic E-state index is 0.162. The minimum Gasteiger partial charge on any atom is -0.414 e. The lowest BCUT2D eigenvalue weighted by Crippen LogP contribution is -1.99. The maximum Gasteiger partial charge on any atom is 0.270 e. The number of nitrogen functional groups attached to an aromatic ring is 1. The van der Waals surface area contributed by atoms with Crippen molar-refractivity contribution in [1.29, 1.82) is 5.26 Å². The van der Waals surface area contributed by atoms with E-state index in [2.05, 4.69) is 32.8 Å². The Bertz CT molecular complexity index is 1130. The van der Waals surface area contributed by atoms with Crippen molar-refractivity contribution in [3.8, 4) is 28.9 Å². The molecule has 7 heteroatoms. The largest absolute Gasteiger partial charge is 0.414 e. The Kier molecular flexibility index (Phi) is 5.42. The number of hydrogen-bond donors (Lipinski definition) is 1. The molecule has 0 atom stereocenters. The molecule has 0 saturated heterocycles. The molecular formula is C21H18N6O. The van der Waals surface area contributed by atoms with Crippen LogP contribution in [0.3, 0.4) is 0 Å². The summed E-state index contributed by atoms with van der Waals surface area (Å²) in [5, 5.41) is 17.3. The fraction of sp³-hybridized carbons (Fsp3) is 0.0952. The number of hydrogen-bond acceptors (Lipinski definition) is 7. The maximum absolute atomic E-state index is 9.09. The zero-order valence-electron chi connectivity index (χ0n) is 15.5. The summed E-state index contributed by atoms with van der Waals surface area (Å²) < 4.78 is 5.78. The van der Waals surface area contributed by atoms with Crippen LogP contribution >= 0.6 is 0 Å². The van der Waals surface area contributed by atoms with E-state index in [1.54, 1.807) is 24.4 Å². The van der Waals surface area contributed by atoms with Crippen molar-refractivity contribution in [2.24, 2.45) is 0 Å². The van der Waals surface area contributed by atoms with Crippen LogP contribution in [0.4, 0.5) is 5.82 Å². The number of aromatic nitrogens is 4. The van der Waals surface area contributed by atoms with Crippen LogP contribution in [0.15, 0.2) is 65.3 Å². The van der Waals surface area contributed by atoms with E-state index in [0.717, 1.165) is 16.7 Å². The van der Waals surface area contributed by atoms with Gasteiger partial charge in [0.15, 0.2) is 11.5 Å². The lowest BCUT2D eigenvalue weighted by atomic mass is 10.1. The van der Waals surface area contributed by atoms with E-state index in [1.165, 1.54) is 0 Å². The summed E-state index contributed by atoms with van der Waals surface area (Å²) in [6, 6.07) is 9.17. The van der Waals surface area contributed by atoms with E-state index in [9.17, 15) is 0 Å². The van der Waals surface area contributed by atoms with Gasteiger partial charge in [0, 0.05) is 11.1 Å². The van der Waals surface area contributed by atoms with E-state index in [-0.39, 0.29) is 17.4 Å². The van der Waals surface area contributed by atoms with Crippen molar-refractivity contribution >= 4 is 11.4 Å². The van der Waals surface area contributed by atoms with Gasteiger partial charge in [-0.15, -0.1) is 10.2 Å². The van der Waals surface area contributed by atoms with Crippen molar-refractivity contribution < 1.29 is 4.42 Å². The summed E-state index contributed by atoms with van der Waals surface area (Å²) in [6.07, 6.45) is 7.11. The lowest BCUT2D eigenvalue weighted by Gasteiger charge is -2.04. The summed E-state index contributed by atoms with van der Waals surface area (Å²) in [4.78, 5) is 8.71. The number of rotatable bonds is 5. The van der Waals surface area contributed by atoms with Gasteiger partial charge in [0.05, 0.1) is 23.5 Å². The third-order valence-corrected chi connectivity index (χ3v) is 3.71. The van der Waals surface area contributed by atoms with Crippen LogP contribution in [0.1, 0.15) is 25.3 Å². The van der Waals surface area contributed by atoms with E-state index in [4.69, 9.17) is 15.4 Å². The van der Waals surface area contributed by atoms with Gasteiger partial charge < -0.3 is 10.2 Å². The Morgan fingerprint density at radius 2 is 2.14 bits per heavy atom. The zero-order valence-corrected chi connectivity index (χ0v) is 15.5. The Balaban J connectivity index is 2.04. The van der Waals surface area contributed by atoms with Gasteiger partial charge in [-0.1, -0.05) is 36.4 Å². The summed E-state index contributed by atoms with van der Waals surface area (Å²) in [6.45, 7) is 7.65. The van der Waals surface area contributed by atoms with Crippen LogP contribution in [0.2, 0.25) is 0 Å². The molecule has 0 aliphatic heterocycles. The van der Waals surface area contributed by atoms with Crippen LogP contribution in [-0.2, 0) is 0 Å². The van der Waals surface area contributed by atoms with Crippen molar-refractivity contribution in [3.63, 3.8) is 0 Å². The van der Waals surface area contributed by atoms with Gasteiger partial charge >= 0.3 is 0 Å². The Labute approximate surface area is 162 Å². The van der Waals surface area contributed by atoms with Crippen molar-refractivity contribution in [2.45, 2.75) is 13.8 Å². The highest BCUT2D eigenvalue weighted by atomic mass is 16.4. The van der Waals surface area contributed by atoms with Gasteiger partial charge in [-0.3, -0.25) is 0 Å². The first-order chi connectivity index (χ1) is 13.5. The van der Waals surface area contributed by atoms with Crippen molar-refractivity contribution in [3.05, 3.63) is 72.3 Å². The summed E-state index contributed by atoms with van der Waals surface area (Å²) in [5.41, 5.74) is 9.67. The number of anilines is 1. The molecule has 28 heavy (non-hydrogen) atoms. The van der Waals surface area contributed by atoms with E-state index in [1.807, 2.05) is 38.1 Å². The quantitative estimate of drug-likeness (QED) is 0.670. The number of nitriles is 1. The van der Waals surface area contributed by atoms with Crippen molar-refractivity contribution in [1.82, 2.24) is 20.2 Å². The zero-order chi connectivity index (χ0) is 20.1. The van der Waals surface area contributed by atoms with Gasteiger partial charge in [-0.2, -0.15) is 5.26 Å². The second-order valence-electron chi connectivity index (χ2n) is 6.04. The predicted octanol–water partition coefficient (Wildman–Crippen LogP) is 4.18. The first-order valence-electron chi connectivity index (χ1n) is 8.49.